The average molecular weight is 270 g/mol. The van der Waals surface area contributed by atoms with Crippen molar-refractivity contribution in [3.63, 3.8) is 0 Å². The zero-order valence-electron chi connectivity index (χ0n) is 12.5. The van der Waals surface area contributed by atoms with Crippen LogP contribution in [0.2, 0.25) is 0 Å². The third-order valence-corrected chi connectivity index (χ3v) is 4.02. The Bertz CT molecular complexity index is 327. The molecule has 5 nitrogen and oxygen atoms in total. The first kappa shape index (κ1) is 16.0. The Kier molecular flexibility index (Phi) is 5.79. The molecule has 5 heteroatoms. The number of ether oxygens (including phenoxy) is 1. The van der Waals surface area contributed by atoms with Gasteiger partial charge in [-0.1, -0.05) is 13.8 Å². The first-order chi connectivity index (χ1) is 9.00. The summed E-state index contributed by atoms with van der Waals surface area (Å²) >= 11 is 0. The molecule has 2 amide bonds. The average Bonchev–Trinajstić information content (AvgIpc) is 2.48. The molecule has 1 fully saturated rings. The van der Waals surface area contributed by atoms with E-state index in [-0.39, 0.29) is 17.9 Å². The molecule has 0 bridgehead atoms. The first-order valence-corrected chi connectivity index (χ1v) is 7.11. The number of amides is 2. The molecule has 1 aliphatic heterocycles. The van der Waals surface area contributed by atoms with Gasteiger partial charge in [-0.25, -0.2) is 0 Å². The Labute approximate surface area is 115 Å². The van der Waals surface area contributed by atoms with Crippen molar-refractivity contribution in [1.82, 2.24) is 10.2 Å². The number of nitrogens with zero attached hydrogens (tertiary/aromatic N) is 1. The fourth-order valence-electron chi connectivity index (χ4n) is 2.66. The SMILES string of the molecule is CCC1(CC)NC(=O)CC(C)N(CCCOC)C1=O. The summed E-state index contributed by atoms with van der Waals surface area (Å²) in [6, 6.07) is -0.0515. The van der Waals surface area contributed by atoms with Crippen molar-refractivity contribution in [2.24, 2.45) is 0 Å². The molecule has 1 atom stereocenters. The van der Waals surface area contributed by atoms with Gasteiger partial charge in [0.15, 0.2) is 0 Å². The summed E-state index contributed by atoms with van der Waals surface area (Å²) in [5.41, 5.74) is -0.727. The molecule has 0 aromatic heterocycles. The molecule has 0 radical (unpaired) electrons. The van der Waals surface area contributed by atoms with Crippen LogP contribution in [0.4, 0.5) is 0 Å². The summed E-state index contributed by atoms with van der Waals surface area (Å²) in [6.45, 7) is 7.11. The second-order valence-corrected chi connectivity index (χ2v) is 5.24. The molecule has 19 heavy (non-hydrogen) atoms. The lowest BCUT2D eigenvalue weighted by atomic mass is 9.91. The van der Waals surface area contributed by atoms with E-state index < -0.39 is 5.54 Å². The number of hydrogen-bond donors (Lipinski definition) is 1. The summed E-state index contributed by atoms with van der Waals surface area (Å²) in [7, 11) is 1.65. The van der Waals surface area contributed by atoms with Crippen LogP contribution in [0, 0.1) is 0 Å². The van der Waals surface area contributed by atoms with E-state index in [1.165, 1.54) is 0 Å². The fraction of sp³-hybridized carbons (Fsp3) is 0.857. The van der Waals surface area contributed by atoms with Crippen LogP contribution < -0.4 is 5.32 Å². The maximum absolute atomic E-state index is 12.8. The Morgan fingerprint density at radius 1 is 1.37 bits per heavy atom. The van der Waals surface area contributed by atoms with Crippen molar-refractivity contribution in [3.05, 3.63) is 0 Å². The molecular formula is C14H26N2O3. The predicted octanol–water partition coefficient (Wildman–Crippen LogP) is 1.32. The third-order valence-electron chi connectivity index (χ3n) is 4.02. The molecule has 1 rings (SSSR count). The van der Waals surface area contributed by atoms with Gasteiger partial charge in [-0.2, -0.15) is 0 Å². The van der Waals surface area contributed by atoms with Crippen LogP contribution in [-0.2, 0) is 14.3 Å². The van der Waals surface area contributed by atoms with Gasteiger partial charge in [0.1, 0.15) is 5.54 Å². The van der Waals surface area contributed by atoms with Gasteiger partial charge in [-0.15, -0.1) is 0 Å². The van der Waals surface area contributed by atoms with Crippen molar-refractivity contribution in [2.45, 2.75) is 58.0 Å². The van der Waals surface area contributed by atoms with E-state index in [2.05, 4.69) is 5.32 Å². The third kappa shape index (κ3) is 3.47. The van der Waals surface area contributed by atoms with Crippen LogP contribution >= 0.6 is 0 Å². The van der Waals surface area contributed by atoms with E-state index in [0.29, 0.717) is 32.4 Å². The number of carbonyl (C=O) groups excluding carboxylic acids is 2. The van der Waals surface area contributed by atoms with Crippen molar-refractivity contribution in [2.75, 3.05) is 20.3 Å². The van der Waals surface area contributed by atoms with Gasteiger partial charge in [0.2, 0.25) is 11.8 Å². The molecule has 1 aliphatic rings. The van der Waals surface area contributed by atoms with Crippen molar-refractivity contribution in [1.29, 1.82) is 0 Å². The molecule has 1 unspecified atom stereocenters. The van der Waals surface area contributed by atoms with E-state index in [1.807, 2.05) is 25.7 Å². The molecule has 1 saturated heterocycles. The van der Waals surface area contributed by atoms with Crippen LogP contribution in [0.15, 0.2) is 0 Å². The minimum absolute atomic E-state index is 0.0289. The molecule has 0 aliphatic carbocycles. The lowest BCUT2D eigenvalue weighted by molar-refractivity contribution is -0.140. The van der Waals surface area contributed by atoms with Gasteiger partial charge < -0.3 is 15.0 Å². The minimum atomic E-state index is -0.727. The lowest BCUT2D eigenvalue weighted by Crippen LogP contribution is -2.57. The van der Waals surface area contributed by atoms with E-state index in [9.17, 15) is 9.59 Å². The Hall–Kier alpha value is -1.10. The maximum atomic E-state index is 12.8. The molecule has 0 aromatic carbocycles. The highest BCUT2D eigenvalue weighted by Crippen LogP contribution is 2.24. The second-order valence-electron chi connectivity index (χ2n) is 5.24. The molecular weight excluding hydrogens is 244 g/mol. The summed E-state index contributed by atoms with van der Waals surface area (Å²) in [5.74, 6) is 0.0192. The van der Waals surface area contributed by atoms with Gasteiger partial charge in [-0.05, 0) is 26.2 Å². The van der Waals surface area contributed by atoms with Crippen LogP contribution in [0.1, 0.15) is 46.5 Å². The second kappa shape index (κ2) is 6.89. The van der Waals surface area contributed by atoms with E-state index in [4.69, 9.17) is 4.74 Å². The normalized spacial score (nSPS) is 23.2. The Morgan fingerprint density at radius 2 is 2.00 bits per heavy atom. The highest BCUT2D eigenvalue weighted by Gasteiger charge is 2.43. The minimum Gasteiger partial charge on any atom is -0.385 e. The Balaban J connectivity index is 2.92. The standard InChI is InChI=1S/C14H26N2O3/c1-5-14(6-2)13(18)16(8-7-9-19-4)11(3)10-12(17)15-14/h11H,5-10H2,1-4H3,(H,15,17). The number of hydrogen-bond acceptors (Lipinski definition) is 3. The largest absolute Gasteiger partial charge is 0.385 e. The summed E-state index contributed by atoms with van der Waals surface area (Å²) in [5, 5.41) is 2.93. The lowest BCUT2D eigenvalue weighted by Gasteiger charge is -2.35. The number of methoxy groups -OCH3 is 1. The van der Waals surface area contributed by atoms with Gasteiger partial charge in [0.25, 0.3) is 0 Å². The topological polar surface area (TPSA) is 58.6 Å². The molecule has 1 N–H and O–H groups in total. The van der Waals surface area contributed by atoms with E-state index in [1.54, 1.807) is 7.11 Å². The monoisotopic (exact) mass is 270 g/mol. The fourth-order valence-corrected chi connectivity index (χ4v) is 2.66. The van der Waals surface area contributed by atoms with Crippen LogP contribution in [0.3, 0.4) is 0 Å². The highest BCUT2D eigenvalue weighted by atomic mass is 16.5. The van der Waals surface area contributed by atoms with Gasteiger partial charge in [-0.3, -0.25) is 9.59 Å². The van der Waals surface area contributed by atoms with Crippen LogP contribution in [0.25, 0.3) is 0 Å². The molecule has 1 heterocycles. The van der Waals surface area contributed by atoms with Gasteiger partial charge in [0, 0.05) is 32.7 Å². The van der Waals surface area contributed by atoms with Crippen molar-refractivity contribution < 1.29 is 14.3 Å². The predicted molar refractivity (Wildman–Crippen MR) is 73.7 cm³/mol. The van der Waals surface area contributed by atoms with E-state index in [0.717, 1.165) is 6.42 Å². The summed E-state index contributed by atoms with van der Waals surface area (Å²) in [6.07, 6.45) is 2.42. The smallest absolute Gasteiger partial charge is 0.248 e. The molecule has 0 aromatic rings. The van der Waals surface area contributed by atoms with E-state index >= 15 is 0 Å². The molecule has 0 spiro atoms. The maximum Gasteiger partial charge on any atom is 0.248 e. The number of rotatable bonds is 6. The van der Waals surface area contributed by atoms with Crippen molar-refractivity contribution >= 4 is 11.8 Å². The van der Waals surface area contributed by atoms with Gasteiger partial charge in [0.05, 0.1) is 0 Å². The first-order valence-electron chi connectivity index (χ1n) is 7.11. The summed E-state index contributed by atoms with van der Waals surface area (Å²) in [4.78, 5) is 26.5. The quantitative estimate of drug-likeness (QED) is 0.741. The highest BCUT2D eigenvalue weighted by molar-refractivity contribution is 5.93. The number of nitrogens with one attached hydrogen (secondary N) is 1. The zero-order valence-corrected chi connectivity index (χ0v) is 12.5. The van der Waals surface area contributed by atoms with Crippen LogP contribution in [0.5, 0.6) is 0 Å². The van der Waals surface area contributed by atoms with Gasteiger partial charge >= 0.3 is 0 Å². The molecule has 110 valence electrons. The Morgan fingerprint density at radius 3 is 2.53 bits per heavy atom. The van der Waals surface area contributed by atoms with Crippen molar-refractivity contribution in [3.8, 4) is 0 Å². The van der Waals surface area contributed by atoms with Crippen LogP contribution in [-0.4, -0.2) is 48.6 Å². The summed E-state index contributed by atoms with van der Waals surface area (Å²) < 4.78 is 5.04. The molecule has 0 saturated carbocycles. The zero-order chi connectivity index (χ0) is 14.5. The number of carbonyl (C=O) groups is 2.